The van der Waals surface area contributed by atoms with Crippen LogP contribution >= 0.6 is 0 Å². The zero-order chi connectivity index (χ0) is 15.4. The second-order valence-electron chi connectivity index (χ2n) is 5.92. The van der Waals surface area contributed by atoms with E-state index in [1.54, 1.807) is 0 Å². The van der Waals surface area contributed by atoms with Crippen molar-refractivity contribution in [2.45, 2.75) is 31.7 Å². The van der Waals surface area contributed by atoms with E-state index in [1.165, 1.54) is 11.1 Å². The molecule has 0 amide bonds. The minimum absolute atomic E-state index is 0.154. The van der Waals surface area contributed by atoms with Crippen molar-refractivity contribution in [3.8, 4) is 0 Å². The summed E-state index contributed by atoms with van der Waals surface area (Å²) in [5, 5.41) is 9.45. The second-order valence-corrected chi connectivity index (χ2v) is 5.92. The molecular formula is C19H23NO2. The molecule has 0 radical (unpaired) electrons. The Morgan fingerprint density at radius 3 is 2.36 bits per heavy atom. The number of hydrogen-bond donors (Lipinski definition) is 1. The highest BCUT2D eigenvalue weighted by molar-refractivity contribution is 5.24. The summed E-state index contributed by atoms with van der Waals surface area (Å²) in [5.41, 5.74) is 2.45. The number of hydrogen-bond acceptors (Lipinski definition) is 3. The Balaban J connectivity index is 1.69. The van der Waals surface area contributed by atoms with Gasteiger partial charge in [-0.15, -0.1) is 0 Å². The van der Waals surface area contributed by atoms with Crippen LogP contribution in [0.15, 0.2) is 60.7 Å². The van der Waals surface area contributed by atoms with E-state index in [4.69, 9.17) is 4.74 Å². The van der Waals surface area contributed by atoms with Crippen molar-refractivity contribution >= 4 is 0 Å². The van der Waals surface area contributed by atoms with Gasteiger partial charge in [0.25, 0.3) is 0 Å². The average Bonchev–Trinajstić information content (AvgIpc) is 2.55. The first kappa shape index (κ1) is 15.2. The van der Waals surface area contributed by atoms with Crippen LogP contribution in [0.1, 0.15) is 24.1 Å². The van der Waals surface area contributed by atoms with Crippen LogP contribution in [-0.2, 0) is 11.3 Å². The number of aliphatic hydroxyl groups excluding tert-OH is 1. The molecule has 3 atom stereocenters. The summed E-state index contributed by atoms with van der Waals surface area (Å²) in [6, 6.07) is 21.1. The third-order valence-corrected chi connectivity index (χ3v) is 4.38. The summed E-state index contributed by atoms with van der Waals surface area (Å²) in [7, 11) is 0. The predicted molar refractivity (Wildman–Crippen MR) is 87.5 cm³/mol. The molecule has 1 saturated heterocycles. The zero-order valence-electron chi connectivity index (χ0n) is 12.9. The molecule has 2 aromatic rings. The molecule has 1 aliphatic rings. The maximum atomic E-state index is 9.45. The Morgan fingerprint density at radius 1 is 1.09 bits per heavy atom. The van der Waals surface area contributed by atoms with Crippen LogP contribution in [0.25, 0.3) is 0 Å². The smallest absolute Gasteiger partial charge is 0.0903 e. The molecule has 3 heteroatoms. The van der Waals surface area contributed by atoms with Crippen molar-refractivity contribution in [1.82, 2.24) is 4.90 Å². The van der Waals surface area contributed by atoms with Gasteiger partial charge in [-0.05, 0) is 18.1 Å². The highest BCUT2D eigenvalue weighted by atomic mass is 16.5. The summed E-state index contributed by atoms with van der Waals surface area (Å²) in [6.07, 6.45) is 0.177. The molecular weight excluding hydrogens is 274 g/mol. The molecule has 0 bridgehead atoms. The lowest BCUT2D eigenvalue weighted by Crippen LogP contribution is -2.58. The fourth-order valence-electron chi connectivity index (χ4n) is 3.03. The topological polar surface area (TPSA) is 32.7 Å². The Kier molecular flexibility index (Phi) is 4.88. The standard InChI is InChI=1S/C19H23NO2/c1-15(13-21)20-12-18(19(20)17-10-6-3-7-11-17)22-14-16-8-4-2-5-9-16/h2-11,15,18-19,21H,12-14H2,1H3/t15-,18+,19+/m0/s1. The van der Waals surface area contributed by atoms with Gasteiger partial charge in [-0.2, -0.15) is 0 Å². The summed E-state index contributed by atoms with van der Waals surface area (Å²) in [6.45, 7) is 3.74. The zero-order valence-corrected chi connectivity index (χ0v) is 12.9. The summed E-state index contributed by atoms with van der Waals surface area (Å²) >= 11 is 0. The fourth-order valence-corrected chi connectivity index (χ4v) is 3.03. The molecule has 2 aromatic carbocycles. The van der Waals surface area contributed by atoms with Crippen molar-refractivity contribution in [1.29, 1.82) is 0 Å². The van der Waals surface area contributed by atoms with Gasteiger partial charge in [0.1, 0.15) is 0 Å². The summed E-state index contributed by atoms with van der Waals surface area (Å²) in [4.78, 5) is 2.31. The molecule has 1 fully saturated rings. The van der Waals surface area contributed by atoms with Crippen LogP contribution in [0.3, 0.4) is 0 Å². The van der Waals surface area contributed by atoms with Gasteiger partial charge >= 0.3 is 0 Å². The Hall–Kier alpha value is -1.68. The van der Waals surface area contributed by atoms with E-state index < -0.39 is 0 Å². The van der Waals surface area contributed by atoms with E-state index in [9.17, 15) is 5.11 Å². The second kappa shape index (κ2) is 7.05. The minimum Gasteiger partial charge on any atom is -0.395 e. The molecule has 3 rings (SSSR count). The molecule has 1 N–H and O–H groups in total. The number of likely N-dealkylation sites (tertiary alicyclic amines) is 1. The van der Waals surface area contributed by atoms with E-state index in [2.05, 4.69) is 48.2 Å². The minimum atomic E-state index is 0.154. The van der Waals surface area contributed by atoms with Gasteiger partial charge in [-0.3, -0.25) is 4.90 Å². The van der Waals surface area contributed by atoms with E-state index in [0.29, 0.717) is 6.61 Å². The van der Waals surface area contributed by atoms with E-state index in [0.717, 1.165) is 6.54 Å². The molecule has 0 saturated carbocycles. The van der Waals surface area contributed by atoms with Crippen molar-refractivity contribution in [2.75, 3.05) is 13.2 Å². The third kappa shape index (κ3) is 3.22. The molecule has 1 aliphatic heterocycles. The lowest BCUT2D eigenvalue weighted by Gasteiger charge is -2.50. The Morgan fingerprint density at radius 2 is 1.73 bits per heavy atom. The van der Waals surface area contributed by atoms with Gasteiger partial charge in [-0.25, -0.2) is 0 Å². The molecule has 0 spiro atoms. The Labute approximate surface area is 132 Å². The van der Waals surface area contributed by atoms with Gasteiger partial charge in [-0.1, -0.05) is 60.7 Å². The molecule has 3 nitrogen and oxygen atoms in total. The third-order valence-electron chi connectivity index (χ3n) is 4.38. The van der Waals surface area contributed by atoms with E-state index in [-0.39, 0.29) is 24.8 Å². The highest BCUT2D eigenvalue weighted by Crippen LogP contribution is 2.37. The van der Waals surface area contributed by atoms with Crippen LogP contribution in [0.2, 0.25) is 0 Å². The first-order valence-corrected chi connectivity index (χ1v) is 7.86. The number of rotatable bonds is 6. The number of benzene rings is 2. The average molecular weight is 297 g/mol. The number of ether oxygens (including phenoxy) is 1. The van der Waals surface area contributed by atoms with Crippen LogP contribution in [-0.4, -0.2) is 35.3 Å². The van der Waals surface area contributed by atoms with Gasteiger partial charge in [0.05, 0.1) is 25.4 Å². The molecule has 0 aliphatic carbocycles. The van der Waals surface area contributed by atoms with E-state index in [1.807, 2.05) is 24.3 Å². The highest BCUT2D eigenvalue weighted by Gasteiger charge is 2.42. The van der Waals surface area contributed by atoms with Crippen molar-refractivity contribution in [2.24, 2.45) is 0 Å². The normalized spacial score (nSPS) is 23.0. The van der Waals surface area contributed by atoms with Crippen LogP contribution in [0.4, 0.5) is 0 Å². The number of nitrogens with zero attached hydrogens (tertiary/aromatic N) is 1. The van der Waals surface area contributed by atoms with Gasteiger partial charge in [0.2, 0.25) is 0 Å². The Bertz CT molecular complexity index is 573. The summed E-state index contributed by atoms with van der Waals surface area (Å²) < 4.78 is 6.13. The molecule has 1 heterocycles. The lowest BCUT2D eigenvalue weighted by molar-refractivity contribution is -0.133. The first-order valence-electron chi connectivity index (χ1n) is 7.86. The molecule has 0 unspecified atom stereocenters. The van der Waals surface area contributed by atoms with Gasteiger partial charge in [0.15, 0.2) is 0 Å². The number of aliphatic hydroxyl groups is 1. The van der Waals surface area contributed by atoms with Gasteiger partial charge < -0.3 is 9.84 Å². The first-order chi connectivity index (χ1) is 10.8. The summed E-state index contributed by atoms with van der Waals surface area (Å²) in [5.74, 6) is 0. The van der Waals surface area contributed by atoms with Crippen LogP contribution < -0.4 is 0 Å². The van der Waals surface area contributed by atoms with E-state index >= 15 is 0 Å². The predicted octanol–water partition coefficient (Wildman–Crippen LogP) is 3.01. The fraction of sp³-hybridized carbons (Fsp3) is 0.368. The quantitative estimate of drug-likeness (QED) is 0.889. The largest absolute Gasteiger partial charge is 0.395 e. The molecule has 22 heavy (non-hydrogen) atoms. The SMILES string of the molecule is C[C@@H](CO)N1C[C@@H](OCc2ccccc2)[C@H]1c1ccccc1. The van der Waals surface area contributed by atoms with Gasteiger partial charge in [0, 0.05) is 12.6 Å². The van der Waals surface area contributed by atoms with Crippen LogP contribution in [0, 0.1) is 0 Å². The van der Waals surface area contributed by atoms with Crippen LogP contribution in [0.5, 0.6) is 0 Å². The van der Waals surface area contributed by atoms with Crippen molar-refractivity contribution in [3.63, 3.8) is 0 Å². The van der Waals surface area contributed by atoms with Crippen molar-refractivity contribution in [3.05, 3.63) is 71.8 Å². The maximum Gasteiger partial charge on any atom is 0.0903 e. The van der Waals surface area contributed by atoms with Crippen molar-refractivity contribution < 1.29 is 9.84 Å². The monoisotopic (exact) mass is 297 g/mol. The lowest BCUT2D eigenvalue weighted by atomic mass is 9.90. The molecule has 0 aromatic heterocycles. The maximum absolute atomic E-state index is 9.45. The molecule has 116 valence electrons.